The second kappa shape index (κ2) is 3.35. The third kappa shape index (κ3) is 1.80. The Labute approximate surface area is 84.1 Å². The van der Waals surface area contributed by atoms with E-state index in [4.69, 9.17) is 4.52 Å². The summed E-state index contributed by atoms with van der Waals surface area (Å²) in [5.74, 6) is 2.01. The van der Waals surface area contributed by atoms with Crippen LogP contribution in [0, 0.1) is 0 Å². The van der Waals surface area contributed by atoms with E-state index < -0.39 is 0 Å². The van der Waals surface area contributed by atoms with Crippen molar-refractivity contribution in [2.24, 2.45) is 0 Å². The predicted molar refractivity (Wildman–Crippen MR) is 53.2 cm³/mol. The van der Waals surface area contributed by atoms with Crippen LogP contribution in [0.5, 0.6) is 0 Å². The van der Waals surface area contributed by atoms with Crippen LogP contribution in [0.4, 0.5) is 0 Å². The number of nitrogens with one attached hydrogen (secondary N) is 1. The normalized spacial score (nSPS) is 22.9. The minimum Gasteiger partial charge on any atom is -0.339 e. The van der Waals surface area contributed by atoms with Crippen molar-refractivity contribution in [3.05, 3.63) is 11.7 Å². The van der Waals surface area contributed by atoms with Crippen molar-refractivity contribution in [2.45, 2.75) is 38.5 Å². The average molecular weight is 195 g/mol. The highest BCUT2D eigenvalue weighted by Crippen LogP contribution is 2.24. The Kier molecular flexibility index (Phi) is 2.31. The highest BCUT2D eigenvalue weighted by Gasteiger charge is 2.26. The van der Waals surface area contributed by atoms with Crippen LogP contribution in [-0.2, 0) is 5.41 Å². The molecular formula is C10H17N3O. The first-order chi connectivity index (χ1) is 6.57. The maximum absolute atomic E-state index is 5.27. The standard InChI is InChI=1S/C10H17N3O/c1-10(2,3)9-12-8(14-13-9)7-4-5-11-6-7/h7,11H,4-6H2,1-3H3/t7-/m0/s1. The summed E-state index contributed by atoms with van der Waals surface area (Å²) in [4.78, 5) is 4.45. The fourth-order valence-electron chi connectivity index (χ4n) is 1.57. The molecule has 1 aliphatic heterocycles. The van der Waals surface area contributed by atoms with Crippen molar-refractivity contribution in [2.75, 3.05) is 13.1 Å². The fraction of sp³-hybridized carbons (Fsp3) is 0.800. The molecule has 4 heteroatoms. The van der Waals surface area contributed by atoms with E-state index in [1.54, 1.807) is 0 Å². The second-order valence-electron chi connectivity index (χ2n) is 4.90. The van der Waals surface area contributed by atoms with Gasteiger partial charge in [0.2, 0.25) is 5.89 Å². The van der Waals surface area contributed by atoms with Crippen molar-refractivity contribution in [1.29, 1.82) is 0 Å². The molecule has 0 spiro atoms. The van der Waals surface area contributed by atoms with E-state index in [1.165, 1.54) is 0 Å². The SMILES string of the molecule is CC(C)(C)c1noc([C@H]2CCNC2)n1. The van der Waals surface area contributed by atoms with E-state index in [9.17, 15) is 0 Å². The largest absolute Gasteiger partial charge is 0.339 e. The zero-order chi connectivity index (χ0) is 10.2. The van der Waals surface area contributed by atoms with Crippen LogP contribution >= 0.6 is 0 Å². The van der Waals surface area contributed by atoms with Crippen molar-refractivity contribution in [3.63, 3.8) is 0 Å². The maximum Gasteiger partial charge on any atom is 0.231 e. The summed E-state index contributed by atoms with van der Waals surface area (Å²) >= 11 is 0. The molecule has 0 unspecified atom stereocenters. The summed E-state index contributed by atoms with van der Waals surface area (Å²) in [6.45, 7) is 8.29. The van der Waals surface area contributed by atoms with E-state index in [0.29, 0.717) is 5.92 Å². The third-order valence-electron chi connectivity index (χ3n) is 2.52. The minimum absolute atomic E-state index is 0.0201. The maximum atomic E-state index is 5.27. The molecule has 0 amide bonds. The quantitative estimate of drug-likeness (QED) is 0.736. The molecule has 78 valence electrons. The molecule has 0 radical (unpaired) electrons. The van der Waals surface area contributed by atoms with Gasteiger partial charge in [-0.25, -0.2) is 0 Å². The summed E-state index contributed by atoms with van der Waals surface area (Å²) in [6, 6.07) is 0. The molecule has 2 rings (SSSR count). The van der Waals surface area contributed by atoms with Crippen LogP contribution in [0.1, 0.15) is 44.8 Å². The summed E-state index contributed by atoms with van der Waals surface area (Å²) in [5.41, 5.74) is -0.0201. The molecule has 0 aliphatic carbocycles. The van der Waals surface area contributed by atoms with Gasteiger partial charge >= 0.3 is 0 Å². The smallest absolute Gasteiger partial charge is 0.231 e. The Balaban J connectivity index is 2.17. The predicted octanol–water partition coefficient (Wildman–Crippen LogP) is 1.44. The van der Waals surface area contributed by atoms with Crippen molar-refractivity contribution in [1.82, 2.24) is 15.5 Å². The highest BCUT2D eigenvalue weighted by atomic mass is 16.5. The number of rotatable bonds is 1. The molecule has 14 heavy (non-hydrogen) atoms. The zero-order valence-corrected chi connectivity index (χ0v) is 9.00. The molecule has 1 saturated heterocycles. The van der Waals surface area contributed by atoms with E-state index >= 15 is 0 Å². The van der Waals surface area contributed by atoms with Crippen LogP contribution in [0.2, 0.25) is 0 Å². The third-order valence-corrected chi connectivity index (χ3v) is 2.52. The lowest BCUT2D eigenvalue weighted by Gasteiger charge is -2.11. The summed E-state index contributed by atoms with van der Waals surface area (Å²) in [6.07, 6.45) is 1.10. The van der Waals surface area contributed by atoms with Gasteiger partial charge in [0.25, 0.3) is 0 Å². The molecule has 1 N–H and O–H groups in total. The van der Waals surface area contributed by atoms with E-state index in [-0.39, 0.29) is 5.41 Å². The topological polar surface area (TPSA) is 51.0 Å². The van der Waals surface area contributed by atoms with Crippen LogP contribution in [0.25, 0.3) is 0 Å². The highest BCUT2D eigenvalue weighted by molar-refractivity contribution is 5.04. The van der Waals surface area contributed by atoms with E-state index in [0.717, 1.165) is 31.2 Å². The first-order valence-corrected chi connectivity index (χ1v) is 5.12. The van der Waals surface area contributed by atoms with Gasteiger partial charge in [-0.15, -0.1) is 0 Å². The lowest BCUT2D eigenvalue weighted by atomic mass is 9.96. The number of aromatic nitrogens is 2. The van der Waals surface area contributed by atoms with Gasteiger partial charge in [-0.3, -0.25) is 0 Å². The summed E-state index contributed by atoms with van der Waals surface area (Å²) in [7, 11) is 0. The van der Waals surface area contributed by atoms with Crippen molar-refractivity contribution < 1.29 is 4.52 Å². The van der Waals surface area contributed by atoms with Gasteiger partial charge in [0, 0.05) is 12.0 Å². The van der Waals surface area contributed by atoms with Gasteiger partial charge in [0.15, 0.2) is 5.82 Å². The zero-order valence-electron chi connectivity index (χ0n) is 9.00. The molecule has 4 nitrogen and oxygen atoms in total. The summed E-state index contributed by atoms with van der Waals surface area (Å²) in [5, 5.41) is 7.31. The van der Waals surface area contributed by atoms with Crippen molar-refractivity contribution in [3.8, 4) is 0 Å². The van der Waals surface area contributed by atoms with Gasteiger partial charge in [-0.05, 0) is 13.0 Å². The molecule has 2 heterocycles. The van der Waals surface area contributed by atoms with E-state index in [1.807, 2.05) is 0 Å². The Morgan fingerprint density at radius 1 is 1.43 bits per heavy atom. The first-order valence-electron chi connectivity index (χ1n) is 5.12. The Hall–Kier alpha value is -0.900. The molecule has 1 fully saturated rings. The Morgan fingerprint density at radius 3 is 2.71 bits per heavy atom. The van der Waals surface area contributed by atoms with Gasteiger partial charge in [-0.1, -0.05) is 25.9 Å². The van der Waals surface area contributed by atoms with Gasteiger partial charge in [-0.2, -0.15) is 4.98 Å². The summed E-state index contributed by atoms with van der Waals surface area (Å²) < 4.78 is 5.27. The second-order valence-corrected chi connectivity index (χ2v) is 4.90. The fourth-order valence-corrected chi connectivity index (χ4v) is 1.57. The monoisotopic (exact) mass is 195 g/mol. The Morgan fingerprint density at radius 2 is 2.21 bits per heavy atom. The molecule has 1 aromatic heterocycles. The van der Waals surface area contributed by atoms with Gasteiger partial charge < -0.3 is 9.84 Å². The number of nitrogens with zero attached hydrogens (tertiary/aromatic N) is 2. The molecule has 0 aromatic carbocycles. The molecule has 0 saturated carbocycles. The first kappa shape index (κ1) is 9.65. The molecule has 0 bridgehead atoms. The van der Waals surface area contributed by atoms with Crippen LogP contribution < -0.4 is 5.32 Å². The number of hydrogen-bond acceptors (Lipinski definition) is 4. The lowest BCUT2D eigenvalue weighted by Crippen LogP contribution is -2.14. The Bertz CT molecular complexity index is 307. The van der Waals surface area contributed by atoms with Crippen LogP contribution in [0.15, 0.2) is 4.52 Å². The molecule has 1 aromatic rings. The molecule has 1 aliphatic rings. The lowest BCUT2D eigenvalue weighted by molar-refractivity contribution is 0.347. The van der Waals surface area contributed by atoms with Crippen molar-refractivity contribution >= 4 is 0 Å². The minimum atomic E-state index is -0.0201. The van der Waals surface area contributed by atoms with Gasteiger partial charge in [0.05, 0.1) is 5.92 Å². The molecule has 1 atom stereocenters. The number of hydrogen-bond donors (Lipinski definition) is 1. The average Bonchev–Trinajstić information content (AvgIpc) is 2.73. The van der Waals surface area contributed by atoms with Crippen LogP contribution in [-0.4, -0.2) is 23.2 Å². The van der Waals surface area contributed by atoms with Crippen LogP contribution in [0.3, 0.4) is 0 Å². The van der Waals surface area contributed by atoms with Gasteiger partial charge in [0.1, 0.15) is 0 Å². The van der Waals surface area contributed by atoms with E-state index in [2.05, 4.69) is 36.2 Å². The molecular weight excluding hydrogens is 178 g/mol.